The lowest BCUT2D eigenvalue weighted by Gasteiger charge is -1.97. The molecule has 15 heavy (non-hydrogen) atoms. The molecule has 1 nitrogen and oxygen atoms in total. The van der Waals surface area contributed by atoms with Crippen molar-refractivity contribution in [2.45, 2.75) is 0 Å². The van der Waals surface area contributed by atoms with E-state index in [4.69, 9.17) is 5.41 Å². The summed E-state index contributed by atoms with van der Waals surface area (Å²) in [5, 5.41) is 8.01. The van der Waals surface area contributed by atoms with Crippen LogP contribution in [-0.2, 0) is 0 Å². The number of hydrogen-bond acceptors (Lipinski definition) is 1. The van der Waals surface area contributed by atoms with E-state index in [9.17, 15) is 0 Å². The normalized spacial score (nSPS) is 11.6. The minimum atomic E-state index is 0. The van der Waals surface area contributed by atoms with Gasteiger partial charge in [0.2, 0.25) is 0 Å². The topological polar surface area (TPSA) is 23.9 Å². The molecule has 3 rings (SSSR count). The van der Waals surface area contributed by atoms with Crippen LogP contribution in [0.25, 0.3) is 11.1 Å². The summed E-state index contributed by atoms with van der Waals surface area (Å²) >= 11 is 0. The van der Waals surface area contributed by atoms with Gasteiger partial charge >= 0.3 is 0 Å². The SMILES string of the molecule is Cl.N=C1c2ccccc2-c2ccccc21. The first-order chi connectivity index (χ1) is 6.88. The molecule has 74 valence electrons. The smallest absolute Gasteiger partial charge is 0.0697 e. The van der Waals surface area contributed by atoms with Gasteiger partial charge in [0.05, 0.1) is 5.71 Å². The van der Waals surface area contributed by atoms with E-state index in [0.29, 0.717) is 5.71 Å². The average molecular weight is 216 g/mol. The molecule has 0 unspecified atom stereocenters. The summed E-state index contributed by atoms with van der Waals surface area (Å²) in [7, 11) is 0. The number of nitrogens with one attached hydrogen (secondary N) is 1. The van der Waals surface area contributed by atoms with E-state index < -0.39 is 0 Å². The Bertz CT molecular complexity index is 484. The molecule has 2 aromatic rings. The average Bonchev–Trinajstić information content (AvgIpc) is 2.55. The maximum atomic E-state index is 8.01. The van der Waals surface area contributed by atoms with Crippen LogP contribution in [0, 0.1) is 5.41 Å². The Morgan fingerprint density at radius 3 is 1.33 bits per heavy atom. The van der Waals surface area contributed by atoms with Crippen LogP contribution in [0.15, 0.2) is 48.5 Å². The van der Waals surface area contributed by atoms with Gasteiger partial charge in [-0.1, -0.05) is 48.5 Å². The summed E-state index contributed by atoms with van der Waals surface area (Å²) in [6.45, 7) is 0. The first kappa shape index (κ1) is 9.94. The summed E-state index contributed by atoms with van der Waals surface area (Å²) in [5.74, 6) is 0. The molecule has 0 fully saturated rings. The van der Waals surface area contributed by atoms with Gasteiger partial charge in [0.25, 0.3) is 0 Å². The summed E-state index contributed by atoms with van der Waals surface area (Å²) in [6, 6.07) is 16.2. The van der Waals surface area contributed by atoms with Crippen molar-refractivity contribution in [2.24, 2.45) is 0 Å². The zero-order chi connectivity index (χ0) is 9.54. The summed E-state index contributed by atoms with van der Waals surface area (Å²) in [5.41, 5.74) is 5.12. The molecule has 0 atom stereocenters. The largest absolute Gasteiger partial charge is 0.300 e. The number of halogens is 1. The van der Waals surface area contributed by atoms with Gasteiger partial charge in [-0.3, -0.25) is 5.41 Å². The first-order valence-corrected chi connectivity index (χ1v) is 4.65. The third-order valence-electron chi connectivity index (χ3n) is 2.68. The van der Waals surface area contributed by atoms with Crippen molar-refractivity contribution in [1.29, 1.82) is 5.41 Å². The molecule has 1 aliphatic rings. The monoisotopic (exact) mass is 215 g/mol. The lowest BCUT2D eigenvalue weighted by molar-refractivity contribution is 1.50. The fraction of sp³-hybridized carbons (Fsp3) is 0. The molecule has 0 spiro atoms. The van der Waals surface area contributed by atoms with E-state index >= 15 is 0 Å². The lowest BCUT2D eigenvalue weighted by atomic mass is 10.1. The molecule has 1 aliphatic carbocycles. The Morgan fingerprint density at radius 2 is 0.933 bits per heavy atom. The van der Waals surface area contributed by atoms with Crippen molar-refractivity contribution < 1.29 is 0 Å². The highest BCUT2D eigenvalue weighted by molar-refractivity contribution is 6.22. The molecular formula is C13H10ClN. The molecule has 0 aromatic heterocycles. The van der Waals surface area contributed by atoms with Gasteiger partial charge in [-0.15, -0.1) is 12.4 Å². The van der Waals surface area contributed by atoms with Gasteiger partial charge in [0.1, 0.15) is 0 Å². The van der Waals surface area contributed by atoms with E-state index in [-0.39, 0.29) is 12.4 Å². The van der Waals surface area contributed by atoms with Crippen molar-refractivity contribution >= 4 is 18.1 Å². The van der Waals surface area contributed by atoms with Gasteiger partial charge in [-0.25, -0.2) is 0 Å². The second-order valence-electron chi connectivity index (χ2n) is 3.47. The van der Waals surface area contributed by atoms with Crippen LogP contribution in [0.3, 0.4) is 0 Å². The summed E-state index contributed by atoms with van der Waals surface area (Å²) < 4.78 is 0. The quantitative estimate of drug-likeness (QED) is 0.594. The Labute approximate surface area is 94.7 Å². The molecule has 0 aliphatic heterocycles. The second-order valence-corrected chi connectivity index (χ2v) is 3.47. The van der Waals surface area contributed by atoms with Crippen molar-refractivity contribution in [2.75, 3.05) is 0 Å². The second kappa shape index (κ2) is 3.52. The van der Waals surface area contributed by atoms with Gasteiger partial charge in [0.15, 0.2) is 0 Å². The Morgan fingerprint density at radius 1 is 0.600 bits per heavy atom. The van der Waals surface area contributed by atoms with Crippen molar-refractivity contribution in [3.05, 3.63) is 59.7 Å². The molecular weight excluding hydrogens is 206 g/mol. The molecule has 0 saturated carbocycles. The standard InChI is InChI=1S/C13H9N.ClH/c14-13-11-7-3-1-5-9(11)10-6-2-4-8-12(10)13;/h1-8,14H;1H. The maximum absolute atomic E-state index is 8.01. The summed E-state index contributed by atoms with van der Waals surface area (Å²) in [6.07, 6.45) is 0. The number of rotatable bonds is 0. The Hall–Kier alpha value is -1.60. The molecule has 0 saturated heterocycles. The number of fused-ring (bicyclic) bond motifs is 3. The summed E-state index contributed by atoms with van der Waals surface area (Å²) in [4.78, 5) is 0. The Kier molecular flexibility index (Phi) is 2.33. The number of hydrogen-bond donors (Lipinski definition) is 1. The van der Waals surface area contributed by atoms with Gasteiger partial charge in [-0.05, 0) is 11.1 Å². The van der Waals surface area contributed by atoms with E-state index in [1.807, 2.05) is 36.4 Å². The highest BCUT2D eigenvalue weighted by Crippen LogP contribution is 2.35. The van der Waals surface area contributed by atoms with E-state index in [2.05, 4.69) is 12.1 Å². The van der Waals surface area contributed by atoms with Gasteiger partial charge in [0, 0.05) is 11.1 Å². The van der Waals surface area contributed by atoms with Crippen molar-refractivity contribution in [3.8, 4) is 11.1 Å². The fourth-order valence-corrected chi connectivity index (χ4v) is 2.02. The molecule has 2 aromatic carbocycles. The zero-order valence-corrected chi connectivity index (χ0v) is 8.84. The minimum absolute atomic E-state index is 0. The number of benzene rings is 2. The van der Waals surface area contributed by atoms with Crippen LogP contribution in [0.5, 0.6) is 0 Å². The zero-order valence-electron chi connectivity index (χ0n) is 8.03. The van der Waals surface area contributed by atoms with Crippen LogP contribution in [-0.4, -0.2) is 5.71 Å². The van der Waals surface area contributed by atoms with E-state index in [1.165, 1.54) is 11.1 Å². The van der Waals surface area contributed by atoms with Crippen LogP contribution in [0.4, 0.5) is 0 Å². The molecule has 0 bridgehead atoms. The van der Waals surface area contributed by atoms with E-state index in [0.717, 1.165) is 11.1 Å². The van der Waals surface area contributed by atoms with Crippen LogP contribution in [0.2, 0.25) is 0 Å². The molecule has 2 heteroatoms. The fourth-order valence-electron chi connectivity index (χ4n) is 2.02. The van der Waals surface area contributed by atoms with Gasteiger partial charge in [-0.2, -0.15) is 0 Å². The minimum Gasteiger partial charge on any atom is -0.300 e. The highest BCUT2D eigenvalue weighted by atomic mass is 35.5. The molecule has 0 heterocycles. The van der Waals surface area contributed by atoms with Crippen LogP contribution >= 0.6 is 12.4 Å². The van der Waals surface area contributed by atoms with Gasteiger partial charge < -0.3 is 0 Å². The van der Waals surface area contributed by atoms with Crippen molar-refractivity contribution in [3.63, 3.8) is 0 Å². The predicted octanol–water partition coefficient (Wildman–Crippen LogP) is 3.50. The van der Waals surface area contributed by atoms with Crippen LogP contribution < -0.4 is 0 Å². The molecule has 1 N–H and O–H groups in total. The maximum Gasteiger partial charge on any atom is 0.0697 e. The van der Waals surface area contributed by atoms with E-state index in [1.54, 1.807) is 0 Å². The molecule has 0 radical (unpaired) electrons. The third-order valence-corrected chi connectivity index (χ3v) is 2.68. The third kappa shape index (κ3) is 1.28. The predicted molar refractivity (Wildman–Crippen MR) is 65.1 cm³/mol. The first-order valence-electron chi connectivity index (χ1n) is 4.65. The van der Waals surface area contributed by atoms with Crippen molar-refractivity contribution in [1.82, 2.24) is 0 Å². The lowest BCUT2D eigenvalue weighted by Crippen LogP contribution is -1.93. The Balaban J connectivity index is 0.000000853. The molecule has 0 amide bonds. The highest BCUT2D eigenvalue weighted by Gasteiger charge is 2.21. The van der Waals surface area contributed by atoms with Crippen LogP contribution in [0.1, 0.15) is 11.1 Å².